The number of nitrogens with one attached hydrogen (secondary N) is 1. The van der Waals surface area contributed by atoms with E-state index < -0.39 is 0 Å². The number of amides is 3. The Labute approximate surface area is 183 Å². The van der Waals surface area contributed by atoms with Crippen LogP contribution in [0.1, 0.15) is 40.0 Å². The molecule has 170 valence electrons. The van der Waals surface area contributed by atoms with Crippen molar-refractivity contribution in [2.24, 2.45) is 11.8 Å². The van der Waals surface area contributed by atoms with Gasteiger partial charge in [-0.05, 0) is 45.7 Å². The number of nitrogens with zero attached hydrogens (tertiary/aromatic N) is 2. The van der Waals surface area contributed by atoms with Crippen molar-refractivity contribution < 1.29 is 23.9 Å². The van der Waals surface area contributed by atoms with E-state index in [-0.39, 0.29) is 41.5 Å². The lowest BCUT2D eigenvalue weighted by molar-refractivity contribution is -0.138. The van der Waals surface area contributed by atoms with E-state index in [0.29, 0.717) is 49.7 Å². The number of anilines is 1. The van der Waals surface area contributed by atoms with Crippen LogP contribution >= 0.6 is 0 Å². The Morgan fingerprint density at radius 1 is 1.06 bits per heavy atom. The zero-order valence-electron chi connectivity index (χ0n) is 19.1. The number of methoxy groups -OCH3 is 2. The summed E-state index contributed by atoms with van der Waals surface area (Å²) in [4.78, 5) is 41.7. The number of likely N-dealkylation sites (tertiary alicyclic amines) is 2. The predicted molar refractivity (Wildman–Crippen MR) is 117 cm³/mol. The Bertz CT molecular complexity index is 840. The van der Waals surface area contributed by atoms with Gasteiger partial charge in [0.2, 0.25) is 17.7 Å². The average Bonchev–Trinajstić information content (AvgIpc) is 3.15. The number of piperidine rings is 1. The summed E-state index contributed by atoms with van der Waals surface area (Å²) in [5.74, 6) is 0.687. The summed E-state index contributed by atoms with van der Waals surface area (Å²) < 4.78 is 10.6. The first-order chi connectivity index (χ1) is 14.6. The quantitative estimate of drug-likeness (QED) is 0.774. The van der Waals surface area contributed by atoms with Gasteiger partial charge in [-0.1, -0.05) is 0 Å². The zero-order chi connectivity index (χ0) is 22.8. The van der Waals surface area contributed by atoms with Crippen LogP contribution in [0.3, 0.4) is 0 Å². The van der Waals surface area contributed by atoms with Crippen molar-refractivity contribution in [1.82, 2.24) is 9.80 Å². The Balaban J connectivity index is 1.56. The molecule has 0 radical (unpaired) electrons. The van der Waals surface area contributed by atoms with Crippen molar-refractivity contribution in [3.63, 3.8) is 0 Å². The Morgan fingerprint density at radius 3 is 2.29 bits per heavy atom. The molecular weight excluding hydrogens is 398 g/mol. The van der Waals surface area contributed by atoms with E-state index in [9.17, 15) is 14.4 Å². The monoisotopic (exact) mass is 431 g/mol. The predicted octanol–water partition coefficient (Wildman–Crippen LogP) is 2.53. The van der Waals surface area contributed by atoms with Crippen molar-refractivity contribution >= 4 is 23.4 Å². The molecule has 2 aliphatic heterocycles. The molecule has 2 fully saturated rings. The standard InChI is InChI=1S/C23H33N3O5/c1-23(2,3)26-14-16(12-20(26)27)22(29)25-10-8-15(9-11-25)21(28)24-18-13-17(30-4)6-7-19(18)31-5/h6-7,13,15-16H,8-12,14H2,1-5H3,(H,24,28). The van der Waals surface area contributed by atoms with E-state index >= 15 is 0 Å². The fourth-order valence-corrected chi connectivity index (χ4v) is 4.29. The highest BCUT2D eigenvalue weighted by molar-refractivity contribution is 5.94. The molecule has 2 aliphatic rings. The number of carbonyl (C=O) groups is 3. The van der Waals surface area contributed by atoms with Crippen LogP contribution in [0.4, 0.5) is 5.69 Å². The van der Waals surface area contributed by atoms with Crippen LogP contribution in [0.5, 0.6) is 11.5 Å². The molecule has 0 spiro atoms. The second-order valence-electron chi connectivity index (χ2n) is 9.23. The van der Waals surface area contributed by atoms with Crippen LogP contribution in [0, 0.1) is 11.8 Å². The van der Waals surface area contributed by atoms with Gasteiger partial charge in [0.1, 0.15) is 11.5 Å². The molecule has 1 aromatic carbocycles. The molecule has 1 N–H and O–H groups in total. The van der Waals surface area contributed by atoms with E-state index in [1.807, 2.05) is 20.8 Å². The molecule has 1 aromatic rings. The summed E-state index contributed by atoms with van der Waals surface area (Å²) >= 11 is 0. The first-order valence-corrected chi connectivity index (χ1v) is 10.8. The highest BCUT2D eigenvalue weighted by Gasteiger charge is 2.41. The third-order valence-corrected chi connectivity index (χ3v) is 6.13. The fourth-order valence-electron chi connectivity index (χ4n) is 4.29. The molecule has 1 atom stereocenters. The lowest BCUT2D eigenvalue weighted by Gasteiger charge is -2.34. The van der Waals surface area contributed by atoms with Gasteiger partial charge in [-0.3, -0.25) is 14.4 Å². The molecule has 0 bridgehead atoms. The molecule has 0 saturated carbocycles. The van der Waals surface area contributed by atoms with Crippen molar-refractivity contribution in [3.05, 3.63) is 18.2 Å². The smallest absolute Gasteiger partial charge is 0.227 e. The second-order valence-corrected chi connectivity index (χ2v) is 9.23. The van der Waals surface area contributed by atoms with E-state index in [1.54, 1.807) is 42.2 Å². The summed E-state index contributed by atoms with van der Waals surface area (Å²) in [5, 5.41) is 2.93. The third kappa shape index (κ3) is 5.11. The topological polar surface area (TPSA) is 88.2 Å². The van der Waals surface area contributed by atoms with Gasteiger partial charge >= 0.3 is 0 Å². The molecule has 8 heteroatoms. The van der Waals surface area contributed by atoms with Gasteiger partial charge in [0.25, 0.3) is 0 Å². The maximum absolute atomic E-state index is 13.0. The minimum absolute atomic E-state index is 0.0217. The van der Waals surface area contributed by atoms with Crippen molar-refractivity contribution in [2.75, 3.05) is 39.2 Å². The summed E-state index contributed by atoms with van der Waals surface area (Å²) in [6.45, 7) is 7.47. The van der Waals surface area contributed by atoms with Gasteiger partial charge in [-0.25, -0.2) is 0 Å². The van der Waals surface area contributed by atoms with Crippen molar-refractivity contribution in [3.8, 4) is 11.5 Å². The average molecular weight is 432 g/mol. The lowest BCUT2D eigenvalue weighted by atomic mass is 9.94. The lowest BCUT2D eigenvalue weighted by Crippen LogP contribution is -2.46. The van der Waals surface area contributed by atoms with Gasteiger partial charge in [0.15, 0.2) is 0 Å². The van der Waals surface area contributed by atoms with Gasteiger partial charge in [-0.15, -0.1) is 0 Å². The Kier molecular flexibility index (Phi) is 6.77. The van der Waals surface area contributed by atoms with Crippen LogP contribution in [0.2, 0.25) is 0 Å². The van der Waals surface area contributed by atoms with E-state index in [1.165, 1.54) is 0 Å². The van der Waals surface area contributed by atoms with E-state index in [2.05, 4.69) is 5.32 Å². The molecule has 0 aromatic heterocycles. The Morgan fingerprint density at radius 2 is 1.74 bits per heavy atom. The molecule has 2 heterocycles. The fraction of sp³-hybridized carbons (Fsp3) is 0.609. The molecule has 2 saturated heterocycles. The SMILES string of the molecule is COc1ccc(OC)c(NC(=O)C2CCN(C(=O)C3CC(=O)N(C(C)(C)C)C3)CC2)c1. The van der Waals surface area contributed by atoms with Crippen LogP contribution in [0.25, 0.3) is 0 Å². The van der Waals surface area contributed by atoms with E-state index in [0.717, 1.165) is 0 Å². The summed E-state index contributed by atoms with van der Waals surface area (Å²) in [6, 6.07) is 5.25. The molecule has 1 unspecified atom stereocenters. The van der Waals surface area contributed by atoms with Crippen LogP contribution < -0.4 is 14.8 Å². The van der Waals surface area contributed by atoms with Crippen LogP contribution in [0.15, 0.2) is 18.2 Å². The van der Waals surface area contributed by atoms with Gasteiger partial charge in [0, 0.05) is 43.6 Å². The number of rotatable bonds is 5. The second kappa shape index (κ2) is 9.16. The first-order valence-electron chi connectivity index (χ1n) is 10.8. The maximum Gasteiger partial charge on any atom is 0.227 e. The number of carbonyl (C=O) groups excluding carboxylic acids is 3. The highest BCUT2D eigenvalue weighted by atomic mass is 16.5. The molecular formula is C23H33N3O5. The Hall–Kier alpha value is -2.77. The summed E-state index contributed by atoms with van der Waals surface area (Å²) in [5.41, 5.74) is 0.287. The minimum atomic E-state index is -0.293. The number of hydrogen-bond donors (Lipinski definition) is 1. The first kappa shape index (κ1) is 22.9. The molecule has 8 nitrogen and oxygen atoms in total. The maximum atomic E-state index is 13.0. The van der Waals surface area contributed by atoms with Crippen molar-refractivity contribution in [2.45, 2.75) is 45.6 Å². The number of ether oxygens (including phenoxy) is 2. The zero-order valence-corrected chi connectivity index (χ0v) is 19.1. The number of benzene rings is 1. The minimum Gasteiger partial charge on any atom is -0.497 e. The summed E-state index contributed by atoms with van der Waals surface area (Å²) in [6.07, 6.45) is 1.45. The largest absolute Gasteiger partial charge is 0.497 e. The molecule has 3 rings (SSSR count). The highest BCUT2D eigenvalue weighted by Crippen LogP contribution is 2.31. The molecule has 0 aliphatic carbocycles. The third-order valence-electron chi connectivity index (χ3n) is 6.13. The molecule has 31 heavy (non-hydrogen) atoms. The van der Waals surface area contributed by atoms with E-state index in [4.69, 9.17) is 9.47 Å². The van der Waals surface area contributed by atoms with Crippen molar-refractivity contribution in [1.29, 1.82) is 0 Å². The molecule has 3 amide bonds. The van der Waals surface area contributed by atoms with Gasteiger partial charge in [0.05, 0.1) is 25.8 Å². The van der Waals surface area contributed by atoms with Crippen LogP contribution in [-0.2, 0) is 14.4 Å². The summed E-state index contributed by atoms with van der Waals surface area (Å²) in [7, 11) is 3.12. The van der Waals surface area contributed by atoms with Crippen LogP contribution in [-0.4, -0.2) is 66.9 Å². The number of hydrogen-bond acceptors (Lipinski definition) is 5. The van der Waals surface area contributed by atoms with Gasteiger partial charge < -0.3 is 24.6 Å². The normalized spacial score (nSPS) is 20.0. The van der Waals surface area contributed by atoms with Gasteiger partial charge in [-0.2, -0.15) is 0 Å².